The van der Waals surface area contributed by atoms with E-state index in [0.29, 0.717) is 12.5 Å². The summed E-state index contributed by atoms with van der Waals surface area (Å²) < 4.78 is 13.0. The molecule has 7 rings (SSSR count). The Balaban J connectivity index is 1.14. The van der Waals surface area contributed by atoms with E-state index in [2.05, 4.69) is 54.3 Å². The number of hydrogen-bond donors (Lipinski definition) is 1. The van der Waals surface area contributed by atoms with Crippen LogP contribution in [0, 0.1) is 0 Å². The number of pyridine rings is 3. The number of piperidine rings is 1. The largest absolute Gasteiger partial charge is 0.492 e. The van der Waals surface area contributed by atoms with Gasteiger partial charge in [0.1, 0.15) is 11.6 Å². The Morgan fingerprint density at radius 2 is 1.98 bits per heavy atom. The van der Waals surface area contributed by atoms with Gasteiger partial charge in [-0.3, -0.25) is 10.00 Å². The van der Waals surface area contributed by atoms with Crippen molar-refractivity contribution in [2.45, 2.75) is 44.7 Å². The fourth-order valence-electron chi connectivity index (χ4n) is 6.50. The molecule has 7 heterocycles. The maximum absolute atomic E-state index is 5.85. The fraction of sp³-hybridized carbons (Fsp3) is 0.400. The summed E-state index contributed by atoms with van der Waals surface area (Å²) in [4.78, 5) is 14.5. The van der Waals surface area contributed by atoms with E-state index in [1.807, 2.05) is 42.3 Å². The number of rotatable bonds is 7. The first-order valence-electron chi connectivity index (χ1n) is 14.1. The van der Waals surface area contributed by atoms with Gasteiger partial charge in [0, 0.05) is 54.8 Å². The summed E-state index contributed by atoms with van der Waals surface area (Å²) in [5.74, 6) is 2.46. The lowest BCUT2D eigenvalue weighted by molar-refractivity contribution is 0.0559. The Hall–Kier alpha value is -4.18. The zero-order chi connectivity index (χ0) is 27.1. The maximum atomic E-state index is 5.85. The Morgan fingerprint density at radius 1 is 1.02 bits per heavy atom. The van der Waals surface area contributed by atoms with Crippen molar-refractivity contribution >= 4 is 22.4 Å². The summed E-state index contributed by atoms with van der Waals surface area (Å²) >= 11 is 0. The van der Waals surface area contributed by atoms with Gasteiger partial charge in [-0.25, -0.2) is 14.5 Å². The minimum Gasteiger partial charge on any atom is -0.492 e. The zero-order valence-electron chi connectivity index (χ0n) is 23.0. The van der Waals surface area contributed by atoms with Crippen molar-refractivity contribution in [2.24, 2.45) is 0 Å². The van der Waals surface area contributed by atoms with E-state index in [9.17, 15) is 0 Å². The normalized spacial score (nSPS) is 19.7. The first kappa shape index (κ1) is 24.8. The second kappa shape index (κ2) is 10.1. The highest BCUT2D eigenvalue weighted by Gasteiger charge is 2.44. The van der Waals surface area contributed by atoms with E-state index in [1.54, 1.807) is 7.11 Å². The summed E-state index contributed by atoms with van der Waals surface area (Å²) in [6.45, 7) is 6.61. The second-order valence-electron chi connectivity index (χ2n) is 10.8. The lowest BCUT2D eigenvalue weighted by Crippen LogP contribution is -2.53. The predicted molar refractivity (Wildman–Crippen MR) is 154 cm³/mol. The third-order valence-corrected chi connectivity index (χ3v) is 8.50. The molecule has 0 amide bonds. The van der Waals surface area contributed by atoms with Gasteiger partial charge in [0.25, 0.3) is 0 Å². The summed E-state index contributed by atoms with van der Waals surface area (Å²) in [6, 6.07) is 10.5. The van der Waals surface area contributed by atoms with Crippen LogP contribution in [0.2, 0.25) is 0 Å². The van der Waals surface area contributed by atoms with E-state index < -0.39 is 0 Å². The number of methoxy groups -OCH3 is 1. The monoisotopic (exact) mass is 538 g/mol. The number of anilines is 1. The predicted octanol–water partition coefficient (Wildman–Crippen LogP) is 4.71. The first-order chi connectivity index (χ1) is 19.7. The fourth-order valence-corrected chi connectivity index (χ4v) is 6.50. The van der Waals surface area contributed by atoms with Crippen LogP contribution < -0.4 is 14.4 Å². The highest BCUT2D eigenvalue weighted by Crippen LogP contribution is 2.39. The smallest absolute Gasteiger partial charge is 0.212 e. The number of hydrogen-bond acceptors (Lipinski definition) is 8. The lowest BCUT2D eigenvalue weighted by Gasteiger charge is -2.45. The van der Waals surface area contributed by atoms with Gasteiger partial charge in [0.15, 0.2) is 5.65 Å². The zero-order valence-corrected chi connectivity index (χ0v) is 23.0. The molecule has 0 bridgehead atoms. The Labute approximate surface area is 232 Å². The molecule has 10 nitrogen and oxygen atoms in total. The first-order valence-corrected chi connectivity index (χ1v) is 14.1. The molecule has 0 aliphatic carbocycles. The van der Waals surface area contributed by atoms with Crippen LogP contribution in [0.3, 0.4) is 0 Å². The van der Waals surface area contributed by atoms with E-state index in [-0.39, 0.29) is 5.54 Å². The molecule has 1 spiro atoms. The van der Waals surface area contributed by atoms with Crippen LogP contribution in [0.15, 0.2) is 55.1 Å². The molecular weight excluding hydrogens is 504 g/mol. The molecule has 206 valence electrons. The highest BCUT2D eigenvalue weighted by molar-refractivity contribution is 6.00. The molecule has 0 saturated carbocycles. The van der Waals surface area contributed by atoms with Gasteiger partial charge in [0.2, 0.25) is 5.88 Å². The topological polar surface area (TPSA) is 96.7 Å². The van der Waals surface area contributed by atoms with Gasteiger partial charge < -0.3 is 14.4 Å². The molecule has 2 aliphatic heterocycles. The van der Waals surface area contributed by atoms with Gasteiger partial charge in [-0.15, -0.1) is 5.10 Å². The lowest BCUT2D eigenvalue weighted by atomic mass is 9.85. The summed E-state index contributed by atoms with van der Waals surface area (Å²) in [6.07, 6.45) is 12.5. The minimum absolute atomic E-state index is 0.168. The number of ether oxygens (including phenoxy) is 2. The molecule has 5 aromatic heterocycles. The number of nitrogens with one attached hydrogen (secondary N) is 1. The van der Waals surface area contributed by atoms with Crippen LogP contribution in [-0.2, 0) is 6.54 Å². The molecule has 2 fully saturated rings. The van der Waals surface area contributed by atoms with Crippen molar-refractivity contribution in [1.29, 1.82) is 0 Å². The van der Waals surface area contributed by atoms with Crippen LogP contribution >= 0.6 is 0 Å². The van der Waals surface area contributed by atoms with Crippen molar-refractivity contribution in [1.82, 2.24) is 34.7 Å². The summed E-state index contributed by atoms with van der Waals surface area (Å²) in [7, 11) is 1.66. The molecule has 10 heteroatoms. The average molecular weight is 539 g/mol. The van der Waals surface area contributed by atoms with Crippen LogP contribution in [0.25, 0.3) is 27.7 Å². The van der Waals surface area contributed by atoms with Gasteiger partial charge in [-0.1, -0.05) is 12.5 Å². The SMILES string of the molecule is CCOc1cc(-c2ccc(N3CCC4(CCCCN4Cc4ccc(OC)nc4)C3)nc2)c2c3cn[nH]c3nn2c1. The van der Waals surface area contributed by atoms with Crippen molar-refractivity contribution in [3.63, 3.8) is 0 Å². The Bertz CT molecular complexity index is 1630. The molecular formula is C30H34N8O2. The molecule has 40 heavy (non-hydrogen) atoms. The van der Waals surface area contributed by atoms with Crippen LogP contribution in [0.1, 0.15) is 38.2 Å². The van der Waals surface area contributed by atoms with Crippen molar-refractivity contribution in [3.8, 4) is 22.8 Å². The third-order valence-electron chi connectivity index (χ3n) is 8.50. The van der Waals surface area contributed by atoms with Gasteiger partial charge >= 0.3 is 0 Å². The Kier molecular flexibility index (Phi) is 6.27. The molecule has 1 N–H and O–H groups in total. The van der Waals surface area contributed by atoms with Crippen LogP contribution in [-0.4, -0.2) is 73.6 Å². The average Bonchev–Trinajstić information content (AvgIpc) is 3.70. The van der Waals surface area contributed by atoms with Crippen molar-refractivity contribution in [3.05, 3.63) is 60.7 Å². The minimum atomic E-state index is 0.168. The maximum Gasteiger partial charge on any atom is 0.212 e. The van der Waals surface area contributed by atoms with Crippen molar-refractivity contribution < 1.29 is 9.47 Å². The number of fused-ring (bicyclic) bond motifs is 3. The number of aromatic nitrogens is 6. The molecule has 0 aromatic carbocycles. The van der Waals surface area contributed by atoms with Gasteiger partial charge in [-0.2, -0.15) is 5.10 Å². The van der Waals surface area contributed by atoms with Gasteiger partial charge in [-0.05, 0) is 56.5 Å². The Morgan fingerprint density at radius 3 is 2.77 bits per heavy atom. The van der Waals surface area contributed by atoms with Gasteiger partial charge in [0.05, 0.1) is 37.0 Å². The molecule has 5 aromatic rings. The summed E-state index contributed by atoms with van der Waals surface area (Å²) in [5, 5.41) is 12.8. The van der Waals surface area contributed by atoms with E-state index in [0.717, 1.165) is 71.8 Å². The number of H-pyrrole nitrogens is 1. The molecule has 0 radical (unpaired) electrons. The molecule has 1 unspecified atom stereocenters. The highest BCUT2D eigenvalue weighted by atomic mass is 16.5. The standard InChI is InChI=1S/C30H34N8O2/c1-3-40-23-14-24(28-25-17-33-34-29(25)35-38(28)19-23)22-7-8-26(31-16-22)36-13-11-30(20-36)10-4-5-12-37(30)18-21-6-9-27(39-2)32-15-21/h6-9,14-17,19H,3-5,10-13,18,20H2,1-2H3,(H,34,35). The molecule has 1 atom stereocenters. The van der Waals surface area contributed by atoms with E-state index >= 15 is 0 Å². The van der Waals surface area contributed by atoms with E-state index in [1.165, 1.54) is 24.8 Å². The molecule has 2 aliphatic rings. The van der Waals surface area contributed by atoms with E-state index in [4.69, 9.17) is 14.5 Å². The quantitative estimate of drug-likeness (QED) is 0.318. The van der Waals surface area contributed by atoms with Crippen LogP contribution in [0.4, 0.5) is 5.82 Å². The summed E-state index contributed by atoms with van der Waals surface area (Å²) in [5.41, 5.74) is 5.20. The third kappa shape index (κ3) is 4.32. The van der Waals surface area contributed by atoms with Crippen LogP contribution in [0.5, 0.6) is 11.6 Å². The number of likely N-dealkylation sites (tertiary alicyclic amines) is 1. The van der Waals surface area contributed by atoms with Crippen molar-refractivity contribution in [2.75, 3.05) is 38.3 Å². The second-order valence-corrected chi connectivity index (χ2v) is 10.8. The molecule has 2 saturated heterocycles. The number of aromatic amines is 1. The number of nitrogens with zero attached hydrogens (tertiary/aromatic N) is 7.